The van der Waals surface area contributed by atoms with Crippen LogP contribution in [0.15, 0.2) is 12.2 Å². The van der Waals surface area contributed by atoms with Crippen LogP contribution in [0.25, 0.3) is 0 Å². The van der Waals surface area contributed by atoms with Crippen molar-refractivity contribution in [3.05, 3.63) is 12.2 Å². The molecule has 1 aliphatic rings. The van der Waals surface area contributed by atoms with E-state index in [0.29, 0.717) is 5.92 Å². The summed E-state index contributed by atoms with van der Waals surface area (Å²) in [5.41, 5.74) is 1.25. The normalized spacial score (nSPS) is 28.2. The van der Waals surface area contributed by atoms with Crippen molar-refractivity contribution >= 4 is 5.97 Å². The lowest BCUT2D eigenvalue weighted by molar-refractivity contribution is -0.146. The molecule has 0 aromatic heterocycles. The lowest BCUT2D eigenvalue weighted by Crippen LogP contribution is -2.23. The van der Waals surface area contributed by atoms with Crippen LogP contribution in [0.2, 0.25) is 0 Å². The number of carbonyl (C=O) groups excluding carboxylic acids is 1. The van der Waals surface area contributed by atoms with Crippen molar-refractivity contribution in [3.8, 4) is 0 Å². The molecule has 1 fully saturated rings. The monoisotopic (exact) mass is 182 g/mol. The van der Waals surface area contributed by atoms with E-state index in [2.05, 4.69) is 13.5 Å². The zero-order chi connectivity index (χ0) is 9.84. The third-order valence-corrected chi connectivity index (χ3v) is 2.96. The van der Waals surface area contributed by atoms with E-state index in [4.69, 9.17) is 4.74 Å². The van der Waals surface area contributed by atoms with Gasteiger partial charge in [0.15, 0.2) is 0 Å². The molecule has 1 rings (SSSR count). The molecule has 0 N–H and O–H groups in total. The molecule has 0 heterocycles. The summed E-state index contributed by atoms with van der Waals surface area (Å²) in [5, 5.41) is 0. The summed E-state index contributed by atoms with van der Waals surface area (Å²) in [6.45, 7) is 6.03. The Balaban J connectivity index is 2.39. The molecule has 0 bridgehead atoms. The molecule has 2 heteroatoms. The number of esters is 1. The second-order valence-corrected chi connectivity index (χ2v) is 3.92. The van der Waals surface area contributed by atoms with Gasteiger partial charge in [-0.05, 0) is 38.5 Å². The molecular weight excluding hydrogens is 164 g/mol. The number of hydrogen-bond acceptors (Lipinski definition) is 2. The van der Waals surface area contributed by atoms with Crippen LogP contribution in [-0.2, 0) is 9.53 Å². The van der Waals surface area contributed by atoms with E-state index in [-0.39, 0.29) is 11.9 Å². The molecule has 74 valence electrons. The van der Waals surface area contributed by atoms with Crippen molar-refractivity contribution in [1.29, 1.82) is 0 Å². The number of methoxy groups -OCH3 is 1. The molecule has 0 radical (unpaired) electrons. The quantitative estimate of drug-likeness (QED) is 0.484. The predicted molar refractivity (Wildman–Crippen MR) is 52.3 cm³/mol. The topological polar surface area (TPSA) is 26.3 Å². The fourth-order valence-electron chi connectivity index (χ4n) is 1.99. The van der Waals surface area contributed by atoms with Gasteiger partial charge in [0.25, 0.3) is 0 Å². The molecule has 0 unspecified atom stereocenters. The smallest absolute Gasteiger partial charge is 0.308 e. The number of carbonyl (C=O) groups is 1. The minimum atomic E-state index is -0.0415. The van der Waals surface area contributed by atoms with E-state index in [1.807, 2.05) is 0 Å². The molecule has 0 aromatic carbocycles. The number of allylic oxidation sites excluding steroid dienone is 1. The molecule has 0 atom stereocenters. The lowest BCUT2D eigenvalue weighted by Gasteiger charge is -2.26. The van der Waals surface area contributed by atoms with E-state index in [0.717, 1.165) is 25.7 Å². The van der Waals surface area contributed by atoms with Crippen LogP contribution in [0.1, 0.15) is 32.6 Å². The first-order chi connectivity index (χ1) is 6.15. The van der Waals surface area contributed by atoms with Gasteiger partial charge in [-0.25, -0.2) is 0 Å². The Bertz CT molecular complexity index is 200. The minimum Gasteiger partial charge on any atom is -0.469 e. The standard InChI is InChI=1S/C11H18O2/c1-8(2)9-4-6-10(7-5-9)11(12)13-3/h9-10H,1,4-7H2,2-3H3. The van der Waals surface area contributed by atoms with Gasteiger partial charge in [-0.3, -0.25) is 4.79 Å². The van der Waals surface area contributed by atoms with E-state index in [1.54, 1.807) is 0 Å². The van der Waals surface area contributed by atoms with Crippen LogP contribution in [0.5, 0.6) is 0 Å². The summed E-state index contributed by atoms with van der Waals surface area (Å²) in [4.78, 5) is 11.2. The molecule has 0 amide bonds. The maximum atomic E-state index is 11.2. The third-order valence-electron chi connectivity index (χ3n) is 2.96. The van der Waals surface area contributed by atoms with Gasteiger partial charge < -0.3 is 4.74 Å². The summed E-state index contributed by atoms with van der Waals surface area (Å²) in [5.74, 6) is 0.724. The highest BCUT2D eigenvalue weighted by molar-refractivity contribution is 5.72. The maximum absolute atomic E-state index is 11.2. The Morgan fingerprint density at radius 2 is 1.69 bits per heavy atom. The summed E-state index contributed by atoms with van der Waals surface area (Å²) in [6.07, 6.45) is 4.11. The molecule has 1 aliphatic carbocycles. The van der Waals surface area contributed by atoms with Gasteiger partial charge in [-0.15, -0.1) is 0 Å². The Kier molecular flexibility index (Phi) is 3.52. The number of ether oxygens (including phenoxy) is 1. The summed E-state index contributed by atoms with van der Waals surface area (Å²) >= 11 is 0. The minimum absolute atomic E-state index is 0.0415. The van der Waals surface area contributed by atoms with Crippen LogP contribution < -0.4 is 0 Å². The van der Waals surface area contributed by atoms with Crippen molar-refractivity contribution in [1.82, 2.24) is 0 Å². The van der Waals surface area contributed by atoms with Gasteiger partial charge in [0, 0.05) is 0 Å². The fourth-order valence-corrected chi connectivity index (χ4v) is 1.99. The van der Waals surface area contributed by atoms with E-state index in [9.17, 15) is 4.79 Å². The Hall–Kier alpha value is -0.790. The molecule has 13 heavy (non-hydrogen) atoms. The highest BCUT2D eigenvalue weighted by atomic mass is 16.5. The molecule has 1 saturated carbocycles. The largest absolute Gasteiger partial charge is 0.469 e. The summed E-state index contributed by atoms with van der Waals surface area (Å²) in [7, 11) is 1.47. The number of hydrogen-bond donors (Lipinski definition) is 0. The molecular formula is C11H18O2. The lowest BCUT2D eigenvalue weighted by atomic mass is 9.79. The maximum Gasteiger partial charge on any atom is 0.308 e. The Labute approximate surface area is 80.0 Å². The molecule has 0 aliphatic heterocycles. The first kappa shape index (κ1) is 10.3. The van der Waals surface area contributed by atoms with Gasteiger partial charge in [0.05, 0.1) is 13.0 Å². The van der Waals surface area contributed by atoms with Crippen molar-refractivity contribution in [2.45, 2.75) is 32.6 Å². The number of rotatable bonds is 2. The van der Waals surface area contributed by atoms with Gasteiger partial charge in [-0.1, -0.05) is 12.2 Å². The Morgan fingerprint density at radius 1 is 1.23 bits per heavy atom. The molecule has 0 aromatic rings. The first-order valence-electron chi connectivity index (χ1n) is 4.88. The second-order valence-electron chi connectivity index (χ2n) is 3.92. The zero-order valence-corrected chi connectivity index (χ0v) is 8.51. The van der Waals surface area contributed by atoms with Crippen LogP contribution in [0, 0.1) is 11.8 Å². The third kappa shape index (κ3) is 2.58. The van der Waals surface area contributed by atoms with E-state index >= 15 is 0 Å². The van der Waals surface area contributed by atoms with Crippen molar-refractivity contribution in [2.75, 3.05) is 7.11 Å². The van der Waals surface area contributed by atoms with Gasteiger partial charge in [-0.2, -0.15) is 0 Å². The van der Waals surface area contributed by atoms with Crippen molar-refractivity contribution in [3.63, 3.8) is 0 Å². The highest BCUT2D eigenvalue weighted by Crippen LogP contribution is 2.32. The van der Waals surface area contributed by atoms with E-state index in [1.165, 1.54) is 12.7 Å². The van der Waals surface area contributed by atoms with Crippen LogP contribution >= 0.6 is 0 Å². The van der Waals surface area contributed by atoms with Crippen LogP contribution in [-0.4, -0.2) is 13.1 Å². The second kappa shape index (κ2) is 4.45. The average Bonchev–Trinajstić information content (AvgIpc) is 2.17. The molecule has 0 saturated heterocycles. The molecule has 2 nitrogen and oxygen atoms in total. The average molecular weight is 182 g/mol. The summed E-state index contributed by atoms with van der Waals surface area (Å²) in [6, 6.07) is 0. The molecule has 0 spiro atoms. The van der Waals surface area contributed by atoms with Gasteiger partial charge >= 0.3 is 5.97 Å². The SMILES string of the molecule is C=C(C)C1CCC(C(=O)OC)CC1. The van der Waals surface area contributed by atoms with Crippen LogP contribution in [0.4, 0.5) is 0 Å². The fraction of sp³-hybridized carbons (Fsp3) is 0.727. The van der Waals surface area contributed by atoms with Gasteiger partial charge in [0.2, 0.25) is 0 Å². The summed E-state index contributed by atoms with van der Waals surface area (Å²) < 4.78 is 4.72. The predicted octanol–water partition coefficient (Wildman–Crippen LogP) is 2.54. The van der Waals surface area contributed by atoms with Crippen LogP contribution in [0.3, 0.4) is 0 Å². The van der Waals surface area contributed by atoms with Crippen molar-refractivity contribution < 1.29 is 9.53 Å². The van der Waals surface area contributed by atoms with E-state index < -0.39 is 0 Å². The Morgan fingerprint density at radius 3 is 2.08 bits per heavy atom. The van der Waals surface area contributed by atoms with Crippen molar-refractivity contribution in [2.24, 2.45) is 11.8 Å². The first-order valence-corrected chi connectivity index (χ1v) is 4.88. The zero-order valence-electron chi connectivity index (χ0n) is 8.51. The van der Waals surface area contributed by atoms with Gasteiger partial charge in [0.1, 0.15) is 0 Å². The highest BCUT2D eigenvalue weighted by Gasteiger charge is 2.26.